The van der Waals surface area contributed by atoms with Gasteiger partial charge in [0.25, 0.3) is 0 Å². The molecule has 1 aliphatic carbocycles. The zero-order valence-corrected chi connectivity index (χ0v) is 11.5. The van der Waals surface area contributed by atoms with Gasteiger partial charge in [0.15, 0.2) is 0 Å². The smallest absolute Gasteiger partial charge is 0.315 e. The normalized spacial score (nSPS) is 29.8. The van der Waals surface area contributed by atoms with Crippen LogP contribution in [0.1, 0.15) is 38.5 Å². The average molecular weight is 278 g/mol. The van der Waals surface area contributed by atoms with Crippen molar-refractivity contribution in [1.82, 2.24) is 10.2 Å². The first-order valence-electron chi connectivity index (χ1n) is 7.55. The molecule has 2 fully saturated rings. The molecule has 0 spiro atoms. The summed E-state index contributed by atoms with van der Waals surface area (Å²) in [5.41, 5.74) is 0. The van der Waals surface area contributed by atoms with Gasteiger partial charge in [-0.05, 0) is 57.7 Å². The quantitative estimate of drug-likeness (QED) is 0.778. The highest BCUT2D eigenvalue weighted by atomic mass is 19.4. The molecule has 5 heteroatoms. The number of rotatable bonds is 5. The van der Waals surface area contributed by atoms with E-state index in [2.05, 4.69) is 10.2 Å². The first kappa shape index (κ1) is 15.1. The van der Waals surface area contributed by atoms with E-state index in [-0.39, 0.29) is 5.92 Å². The van der Waals surface area contributed by atoms with Crippen molar-refractivity contribution in [3.63, 3.8) is 0 Å². The molecule has 2 unspecified atom stereocenters. The Balaban J connectivity index is 1.60. The van der Waals surface area contributed by atoms with Gasteiger partial charge in [-0.25, -0.2) is 0 Å². The van der Waals surface area contributed by atoms with Gasteiger partial charge in [0.1, 0.15) is 0 Å². The molecule has 0 radical (unpaired) electrons. The molecule has 0 amide bonds. The zero-order valence-electron chi connectivity index (χ0n) is 11.5. The van der Waals surface area contributed by atoms with Crippen LogP contribution in [-0.2, 0) is 0 Å². The minimum absolute atomic E-state index is 0.207. The maximum atomic E-state index is 12.7. The van der Waals surface area contributed by atoms with Crippen LogP contribution in [0.25, 0.3) is 0 Å². The second-order valence-corrected chi connectivity index (χ2v) is 6.02. The highest BCUT2D eigenvalue weighted by Gasteiger charge is 2.41. The third-order valence-corrected chi connectivity index (χ3v) is 4.48. The summed E-state index contributed by atoms with van der Waals surface area (Å²) in [7, 11) is 0. The predicted molar refractivity (Wildman–Crippen MR) is 70.0 cm³/mol. The molecule has 2 atom stereocenters. The molecule has 1 saturated carbocycles. The van der Waals surface area contributed by atoms with E-state index in [9.17, 15) is 13.2 Å². The van der Waals surface area contributed by atoms with Crippen LogP contribution in [0.2, 0.25) is 0 Å². The maximum absolute atomic E-state index is 12.7. The Hall–Kier alpha value is -0.290. The lowest BCUT2D eigenvalue weighted by Crippen LogP contribution is -2.36. The third kappa shape index (κ3) is 4.95. The number of nitrogens with one attached hydrogen (secondary N) is 1. The molecule has 1 N–H and O–H groups in total. The van der Waals surface area contributed by atoms with E-state index < -0.39 is 12.1 Å². The van der Waals surface area contributed by atoms with Crippen molar-refractivity contribution in [3.8, 4) is 0 Å². The topological polar surface area (TPSA) is 15.3 Å². The molecule has 0 aromatic heterocycles. The molecule has 1 aliphatic heterocycles. The fourth-order valence-corrected chi connectivity index (χ4v) is 3.32. The number of nitrogens with zero attached hydrogens (tertiary/aromatic N) is 1. The van der Waals surface area contributed by atoms with E-state index in [0.717, 1.165) is 32.5 Å². The monoisotopic (exact) mass is 278 g/mol. The number of likely N-dealkylation sites (tertiary alicyclic amines) is 1. The van der Waals surface area contributed by atoms with E-state index in [1.165, 1.54) is 25.9 Å². The van der Waals surface area contributed by atoms with Gasteiger partial charge in [0.05, 0.1) is 5.92 Å². The molecule has 19 heavy (non-hydrogen) atoms. The summed E-state index contributed by atoms with van der Waals surface area (Å²) in [6, 6.07) is 0. The zero-order chi connectivity index (χ0) is 13.7. The standard InChI is InChI=1S/C14H25F3N2/c15-14(16,17)13-5-3-4-12(10-13)11-18-6-9-19-7-1-2-8-19/h12-13,18H,1-11H2. The summed E-state index contributed by atoms with van der Waals surface area (Å²) in [5.74, 6) is -0.856. The Morgan fingerprint density at radius 3 is 2.47 bits per heavy atom. The Bertz CT molecular complexity index is 262. The van der Waals surface area contributed by atoms with E-state index in [1.54, 1.807) is 0 Å². The van der Waals surface area contributed by atoms with Crippen LogP contribution >= 0.6 is 0 Å². The number of halogens is 3. The second-order valence-electron chi connectivity index (χ2n) is 6.02. The molecule has 1 heterocycles. The highest BCUT2D eigenvalue weighted by molar-refractivity contribution is 4.79. The summed E-state index contributed by atoms with van der Waals surface area (Å²) >= 11 is 0. The number of hydrogen-bond donors (Lipinski definition) is 1. The lowest BCUT2D eigenvalue weighted by atomic mass is 9.81. The Morgan fingerprint density at radius 1 is 1.05 bits per heavy atom. The molecule has 1 saturated heterocycles. The van der Waals surface area contributed by atoms with Crippen LogP contribution in [0.5, 0.6) is 0 Å². The molecule has 0 aromatic carbocycles. The lowest BCUT2D eigenvalue weighted by Gasteiger charge is -2.30. The summed E-state index contributed by atoms with van der Waals surface area (Å²) in [6.07, 6.45) is 0.903. The van der Waals surface area contributed by atoms with Gasteiger partial charge < -0.3 is 10.2 Å². The number of hydrogen-bond acceptors (Lipinski definition) is 2. The van der Waals surface area contributed by atoms with E-state index in [1.807, 2.05) is 0 Å². The second kappa shape index (κ2) is 6.93. The minimum Gasteiger partial charge on any atom is -0.315 e. The van der Waals surface area contributed by atoms with Crippen molar-refractivity contribution in [2.45, 2.75) is 44.7 Å². The largest absolute Gasteiger partial charge is 0.391 e. The van der Waals surface area contributed by atoms with Crippen molar-refractivity contribution < 1.29 is 13.2 Å². The lowest BCUT2D eigenvalue weighted by molar-refractivity contribution is -0.185. The van der Waals surface area contributed by atoms with Crippen molar-refractivity contribution in [3.05, 3.63) is 0 Å². The summed E-state index contributed by atoms with van der Waals surface area (Å²) in [4.78, 5) is 2.42. The fourth-order valence-electron chi connectivity index (χ4n) is 3.32. The van der Waals surface area contributed by atoms with Gasteiger partial charge in [-0.3, -0.25) is 0 Å². The summed E-state index contributed by atoms with van der Waals surface area (Å²) in [5, 5.41) is 3.34. The Kier molecular flexibility index (Phi) is 5.51. The van der Waals surface area contributed by atoms with Gasteiger partial charge >= 0.3 is 6.18 Å². The van der Waals surface area contributed by atoms with Gasteiger partial charge in [-0.1, -0.05) is 6.42 Å². The SMILES string of the molecule is FC(F)(F)C1CCCC(CNCCN2CCCC2)C1. The predicted octanol–water partition coefficient (Wildman–Crippen LogP) is 3.04. The van der Waals surface area contributed by atoms with Gasteiger partial charge in [-0.2, -0.15) is 13.2 Å². The van der Waals surface area contributed by atoms with Crippen LogP contribution in [-0.4, -0.2) is 43.8 Å². The van der Waals surface area contributed by atoms with Gasteiger partial charge in [0.2, 0.25) is 0 Å². The van der Waals surface area contributed by atoms with Crippen molar-refractivity contribution in [1.29, 1.82) is 0 Å². The first-order chi connectivity index (χ1) is 9.05. The van der Waals surface area contributed by atoms with Crippen LogP contribution < -0.4 is 5.32 Å². The molecule has 2 aliphatic rings. The summed E-state index contributed by atoms with van der Waals surface area (Å²) in [6.45, 7) is 5.06. The van der Waals surface area contributed by atoms with Crippen LogP contribution in [0.3, 0.4) is 0 Å². The average Bonchev–Trinajstić information content (AvgIpc) is 2.87. The molecule has 0 aromatic rings. The first-order valence-corrected chi connectivity index (χ1v) is 7.55. The summed E-state index contributed by atoms with van der Waals surface area (Å²) < 4.78 is 38.0. The van der Waals surface area contributed by atoms with Crippen molar-refractivity contribution in [2.24, 2.45) is 11.8 Å². The highest BCUT2D eigenvalue weighted by Crippen LogP contribution is 2.39. The fraction of sp³-hybridized carbons (Fsp3) is 1.00. The van der Waals surface area contributed by atoms with E-state index >= 15 is 0 Å². The van der Waals surface area contributed by atoms with E-state index in [4.69, 9.17) is 0 Å². The third-order valence-electron chi connectivity index (χ3n) is 4.48. The Morgan fingerprint density at radius 2 is 1.79 bits per heavy atom. The van der Waals surface area contributed by atoms with Crippen LogP contribution in [0, 0.1) is 11.8 Å². The van der Waals surface area contributed by atoms with Crippen LogP contribution in [0.15, 0.2) is 0 Å². The van der Waals surface area contributed by atoms with Crippen molar-refractivity contribution >= 4 is 0 Å². The molecular weight excluding hydrogens is 253 g/mol. The number of alkyl halides is 3. The Labute approximate surface area is 113 Å². The van der Waals surface area contributed by atoms with E-state index in [0.29, 0.717) is 12.8 Å². The molecule has 0 bridgehead atoms. The molecule has 2 nitrogen and oxygen atoms in total. The van der Waals surface area contributed by atoms with Crippen LogP contribution in [0.4, 0.5) is 13.2 Å². The minimum atomic E-state index is -3.99. The van der Waals surface area contributed by atoms with Crippen molar-refractivity contribution in [2.75, 3.05) is 32.7 Å². The maximum Gasteiger partial charge on any atom is 0.391 e. The van der Waals surface area contributed by atoms with Gasteiger partial charge in [-0.15, -0.1) is 0 Å². The molecule has 2 rings (SSSR count). The molecular formula is C14H25F3N2. The molecule has 112 valence electrons. The van der Waals surface area contributed by atoms with Gasteiger partial charge in [0, 0.05) is 13.1 Å².